The number of hydrogen-bond acceptors (Lipinski definition) is 4. The lowest BCUT2D eigenvalue weighted by Gasteiger charge is -2.11. The molecule has 0 bridgehead atoms. The standard InChI is InChI=1S/C19H25N3O3/c1-13-5-6-14(11-17(13)24-3)9-10-21-19(20)22-15-7-8-16(23-2)18(12-15)25-4/h5-8,11-12H,9-10H2,1-4H3,(H3,20,21,22). The zero-order chi connectivity index (χ0) is 18.2. The average Bonchev–Trinajstić information content (AvgIpc) is 2.62. The monoisotopic (exact) mass is 343 g/mol. The molecule has 3 N–H and O–H groups in total. The van der Waals surface area contributed by atoms with Crippen LogP contribution in [0, 0.1) is 6.92 Å². The Balaban J connectivity index is 1.96. The number of hydrogen-bond donors (Lipinski definition) is 2. The van der Waals surface area contributed by atoms with Crippen LogP contribution in [0.5, 0.6) is 17.2 Å². The van der Waals surface area contributed by atoms with Gasteiger partial charge >= 0.3 is 0 Å². The Hall–Kier alpha value is -2.89. The summed E-state index contributed by atoms with van der Waals surface area (Å²) >= 11 is 0. The number of methoxy groups -OCH3 is 3. The van der Waals surface area contributed by atoms with Crippen LogP contribution in [0.4, 0.5) is 5.69 Å². The predicted molar refractivity (Wildman–Crippen MR) is 101 cm³/mol. The van der Waals surface area contributed by atoms with Crippen molar-refractivity contribution in [3.05, 3.63) is 47.5 Å². The van der Waals surface area contributed by atoms with Crippen LogP contribution in [0.25, 0.3) is 0 Å². The van der Waals surface area contributed by atoms with Gasteiger partial charge in [0, 0.05) is 18.3 Å². The van der Waals surface area contributed by atoms with Gasteiger partial charge in [0.25, 0.3) is 0 Å². The van der Waals surface area contributed by atoms with E-state index in [-0.39, 0.29) is 0 Å². The molecule has 2 rings (SSSR count). The Labute approximate surface area is 148 Å². The molecule has 0 heterocycles. The van der Waals surface area contributed by atoms with E-state index in [1.807, 2.05) is 37.3 Å². The maximum absolute atomic E-state index is 5.95. The fourth-order valence-corrected chi connectivity index (χ4v) is 2.43. The minimum absolute atomic E-state index is 0.353. The summed E-state index contributed by atoms with van der Waals surface area (Å²) in [7, 11) is 4.87. The molecule has 0 fully saturated rings. The third-order valence-corrected chi connectivity index (χ3v) is 3.81. The number of benzene rings is 2. The number of anilines is 1. The molecule has 0 saturated carbocycles. The van der Waals surface area contributed by atoms with Crippen LogP contribution in [0.3, 0.4) is 0 Å². The van der Waals surface area contributed by atoms with Gasteiger partial charge < -0.3 is 25.3 Å². The molecule has 0 aliphatic heterocycles. The maximum Gasteiger partial charge on any atom is 0.193 e. The molecule has 0 unspecified atom stereocenters. The minimum atomic E-state index is 0.353. The zero-order valence-corrected chi connectivity index (χ0v) is 15.1. The second-order valence-corrected chi connectivity index (χ2v) is 5.52. The second-order valence-electron chi connectivity index (χ2n) is 5.52. The molecule has 25 heavy (non-hydrogen) atoms. The van der Waals surface area contributed by atoms with Crippen LogP contribution in [-0.4, -0.2) is 33.8 Å². The quantitative estimate of drug-likeness (QED) is 0.597. The van der Waals surface area contributed by atoms with Gasteiger partial charge in [0.15, 0.2) is 17.5 Å². The summed E-state index contributed by atoms with van der Waals surface area (Å²) in [4.78, 5) is 4.36. The molecule has 6 heteroatoms. The lowest BCUT2D eigenvalue weighted by atomic mass is 10.1. The third kappa shape index (κ3) is 5.04. The van der Waals surface area contributed by atoms with Crippen molar-refractivity contribution < 1.29 is 14.2 Å². The normalized spacial score (nSPS) is 11.1. The van der Waals surface area contributed by atoms with E-state index in [9.17, 15) is 0 Å². The molecular formula is C19H25N3O3. The number of aliphatic imine (C=N–C) groups is 1. The lowest BCUT2D eigenvalue weighted by molar-refractivity contribution is 0.355. The molecule has 0 amide bonds. The molecule has 0 saturated heterocycles. The fourth-order valence-electron chi connectivity index (χ4n) is 2.43. The first kappa shape index (κ1) is 18.4. The van der Waals surface area contributed by atoms with E-state index >= 15 is 0 Å². The van der Waals surface area contributed by atoms with Gasteiger partial charge in [-0.1, -0.05) is 12.1 Å². The Morgan fingerprint density at radius 3 is 2.36 bits per heavy atom. The van der Waals surface area contributed by atoms with Crippen molar-refractivity contribution in [2.45, 2.75) is 13.3 Å². The summed E-state index contributed by atoms with van der Waals surface area (Å²) in [5.41, 5.74) is 9.01. The van der Waals surface area contributed by atoms with Crippen LogP contribution in [-0.2, 0) is 6.42 Å². The Morgan fingerprint density at radius 2 is 1.68 bits per heavy atom. The van der Waals surface area contributed by atoms with E-state index in [1.54, 1.807) is 21.3 Å². The Bertz CT molecular complexity index is 745. The van der Waals surface area contributed by atoms with Crippen molar-refractivity contribution in [1.29, 1.82) is 0 Å². The molecule has 0 aliphatic carbocycles. The van der Waals surface area contributed by atoms with Crippen LogP contribution in [0.1, 0.15) is 11.1 Å². The van der Waals surface area contributed by atoms with E-state index in [0.29, 0.717) is 24.0 Å². The minimum Gasteiger partial charge on any atom is -0.496 e. The van der Waals surface area contributed by atoms with E-state index in [2.05, 4.69) is 16.4 Å². The van der Waals surface area contributed by atoms with Gasteiger partial charge in [-0.05, 0) is 42.7 Å². The first-order chi connectivity index (χ1) is 12.1. The van der Waals surface area contributed by atoms with Gasteiger partial charge in [-0.2, -0.15) is 0 Å². The number of rotatable bonds is 7. The highest BCUT2D eigenvalue weighted by molar-refractivity contribution is 5.92. The van der Waals surface area contributed by atoms with Crippen molar-refractivity contribution >= 4 is 11.6 Å². The largest absolute Gasteiger partial charge is 0.496 e. The summed E-state index contributed by atoms with van der Waals surface area (Å²) in [5, 5.41) is 3.05. The molecule has 0 atom stereocenters. The highest BCUT2D eigenvalue weighted by Gasteiger charge is 2.05. The molecule has 0 radical (unpaired) electrons. The van der Waals surface area contributed by atoms with Gasteiger partial charge in [-0.3, -0.25) is 4.99 Å². The maximum atomic E-state index is 5.95. The third-order valence-electron chi connectivity index (χ3n) is 3.81. The average molecular weight is 343 g/mol. The molecule has 2 aromatic rings. The molecule has 0 aromatic heterocycles. The smallest absolute Gasteiger partial charge is 0.193 e. The predicted octanol–water partition coefficient (Wildman–Crippen LogP) is 2.99. The van der Waals surface area contributed by atoms with Crippen LogP contribution < -0.4 is 25.3 Å². The Morgan fingerprint density at radius 1 is 0.960 bits per heavy atom. The number of nitrogens with one attached hydrogen (secondary N) is 1. The highest BCUT2D eigenvalue weighted by Crippen LogP contribution is 2.29. The number of guanidine groups is 1. The van der Waals surface area contributed by atoms with Crippen LogP contribution in [0.15, 0.2) is 41.4 Å². The lowest BCUT2D eigenvalue weighted by Crippen LogP contribution is -2.23. The molecule has 6 nitrogen and oxygen atoms in total. The van der Waals surface area contributed by atoms with Crippen molar-refractivity contribution in [3.63, 3.8) is 0 Å². The summed E-state index contributed by atoms with van der Waals surface area (Å²) in [6, 6.07) is 11.6. The number of nitrogens with zero attached hydrogens (tertiary/aromatic N) is 1. The topological polar surface area (TPSA) is 78.1 Å². The van der Waals surface area contributed by atoms with Crippen molar-refractivity contribution in [2.24, 2.45) is 10.7 Å². The summed E-state index contributed by atoms with van der Waals surface area (Å²) in [6.07, 6.45) is 0.783. The van der Waals surface area contributed by atoms with Crippen molar-refractivity contribution in [3.8, 4) is 17.2 Å². The van der Waals surface area contributed by atoms with Crippen LogP contribution in [0.2, 0.25) is 0 Å². The number of aryl methyl sites for hydroxylation is 1. The van der Waals surface area contributed by atoms with Crippen molar-refractivity contribution in [1.82, 2.24) is 0 Å². The molecule has 0 spiro atoms. The summed E-state index contributed by atoms with van der Waals surface area (Å²) in [6.45, 7) is 2.60. The van der Waals surface area contributed by atoms with E-state index < -0.39 is 0 Å². The number of ether oxygens (including phenoxy) is 3. The highest BCUT2D eigenvalue weighted by atomic mass is 16.5. The zero-order valence-electron chi connectivity index (χ0n) is 15.1. The van der Waals surface area contributed by atoms with Gasteiger partial charge in [0.2, 0.25) is 0 Å². The van der Waals surface area contributed by atoms with Crippen LogP contribution >= 0.6 is 0 Å². The summed E-state index contributed by atoms with van der Waals surface area (Å²) < 4.78 is 15.8. The van der Waals surface area contributed by atoms with E-state index in [0.717, 1.165) is 29.0 Å². The molecule has 2 aromatic carbocycles. The molecule has 134 valence electrons. The van der Waals surface area contributed by atoms with E-state index in [1.165, 1.54) is 0 Å². The Kier molecular flexibility index (Phi) is 6.51. The first-order valence-corrected chi connectivity index (χ1v) is 8.00. The second kappa shape index (κ2) is 8.82. The summed E-state index contributed by atoms with van der Waals surface area (Å²) in [5.74, 6) is 2.54. The van der Waals surface area contributed by atoms with Gasteiger partial charge in [-0.25, -0.2) is 0 Å². The van der Waals surface area contributed by atoms with Gasteiger partial charge in [0.1, 0.15) is 5.75 Å². The van der Waals surface area contributed by atoms with Crippen molar-refractivity contribution in [2.75, 3.05) is 33.2 Å². The first-order valence-electron chi connectivity index (χ1n) is 8.00. The van der Waals surface area contributed by atoms with Gasteiger partial charge in [0.05, 0.1) is 21.3 Å². The number of nitrogens with two attached hydrogens (primary N) is 1. The SMILES string of the molecule is COc1cc(CCN=C(N)Nc2ccc(OC)c(OC)c2)ccc1C. The van der Waals surface area contributed by atoms with Gasteiger partial charge in [-0.15, -0.1) is 0 Å². The molecule has 0 aliphatic rings. The van der Waals surface area contributed by atoms with E-state index in [4.69, 9.17) is 19.9 Å². The fraction of sp³-hybridized carbons (Fsp3) is 0.316. The molecular weight excluding hydrogens is 318 g/mol.